The van der Waals surface area contributed by atoms with E-state index < -0.39 is 5.97 Å². The number of hydrogen-bond donors (Lipinski definition) is 0. The van der Waals surface area contributed by atoms with E-state index in [4.69, 9.17) is 4.74 Å². The first-order valence-corrected chi connectivity index (χ1v) is 6.47. The Kier molecular flexibility index (Phi) is 4.00. The fourth-order valence-corrected chi connectivity index (χ4v) is 2.41. The van der Waals surface area contributed by atoms with E-state index in [0.717, 1.165) is 37.4 Å². The molecule has 0 saturated carbocycles. The van der Waals surface area contributed by atoms with Crippen LogP contribution in [0.1, 0.15) is 40.9 Å². The van der Waals surface area contributed by atoms with E-state index in [2.05, 4.69) is 16.0 Å². The number of aryl methyl sites for hydroxylation is 1. The number of aromatic amines is 1. The number of nitrogens with zero attached hydrogens (tertiary/aromatic N) is 2. The lowest BCUT2D eigenvalue weighted by atomic mass is 10.1. The topological polar surface area (TPSA) is 67.5 Å². The molecule has 1 aromatic rings. The monoisotopic (exact) mass is 260 g/mol. The van der Waals surface area contributed by atoms with Gasteiger partial charge in [0, 0.05) is 0 Å². The maximum absolute atomic E-state index is 11.6. The minimum absolute atomic E-state index is 0.416. The number of H-pyrrole nitrogens is 1. The first-order chi connectivity index (χ1) is 9.17. The molecule has 100 valence electrons. The first-order valence-electron chi connectivity index (χ1n) is 6.47. The van der Waals surface area contributed by atoms with E-state index in [9.17, 15) is 10.1 Å². The molecule has 1 aliphatic rings. The average molecular weight is 260 g/mol. The number of anilines is 1. The second-order valence-corrected chi connectivity index (χ2v) is 4.72. The first kappa shape index (κ1) is 13.3. The molecule has 5 nitrogen and oxygen atoms in total. The number of carbonyl (C=O) groups is 1. The summed E-state index contributed by atoms with van der Waals surface area (Å²) in [4.78, 5) is 17.0. The number of nitrogens with one attached hydrogen (secondary N) is 1. The Balaban J connectivity index is 2.42. The van der Waals surface area contributed by atoms with Crippen LogP contribution in [-0.4, -0.2) is 26.2 Å². The predicted octanol–water partition coefficient (Wildman–Crippen LogP) is 1.46. The molecule has 0 unspecified atom stereocenters. The molecule has 2 rings (SSSR count). The maximum Gasteiger partial charge on any atom is 0.341 e. The zero-order valence-electron chi connectivity index (χ0n) is 11.3. The van der Waals surface area contributed by atoms with Gasteiger partial charge >= 0.3 is 5.97 Å². The van der Waals surface area contributed by atoms with Gasteiger partial charge in [0.2, 0.25) is 0 Å². The van der Waals surface area contributed by atoms with E-state index in [-0.39, 0.29) is 0 Å². The third-order valence-corrected chi connectivity index (χ3v) is 3.45. The summed E-state index contributed by atoms with van der Waals surface area (Å²) in [6.45, 7) is 3.71. The molecule has 2 heterocycles. The van der Waals surface area contributed by atoms with Crippen LogP contribution in [0, 0.1) is 18.3 Å². The van der Waals surface area contributed by atoms with Crippen LogP contribution in [-0.2, 0) is 4.74 Å². The molecule has 1 fully saturated rings. The molecular weight excluding hydrogens is 242 g/mol. The summed E-state index contributed by atoms with van der Waals surface area (Å²) in [5, 5.41) is 9.27. The van der Waals surface area contributed by atoms with Gasteiger partial charge in [0.1, 0.15) is 22.9 Å². The highest BCUT2D eigenvalue weighted by molar-refractivity contribution is 5.90. The predicted molar refractivity (Wildman–Crippen MR) is 69.9 cm³/mol. The Morgan fingerprint density at radius 1 is 1.42 bits per heavy atom. The molecular formula is C14H18N3O2+. The van der Waals surface area contributed by atoms with Crippen molar-refractivity contribution >= 4 is 11.8 Å². The van der Waals surface area contributed by atoms with Crippen LogP contribution < -0.4 is 9.88 Å². The molecule has 1 aliphatic heterocycles. The lowest BCUT2D eigenvalue weighted by molar-refractivity contribution is -0.374. The number of methoxy groups -OCH3 is 1. The van der Waals surface area contributed by atoms with Gasteiger partial charge in [0.25, 0.3) is 5.82 Å². The van der Waals surface area contributed by atoms with E-state index in [0.29, 0.717) is 11.1 Å². The van der Waals surface area contributed by atoms with Gasteiger partial charge in [0.05, 0.1) is 20.2 Å². The summed E-state index contributed by atoms with van der Waals surface area (Å²) in [6, 6.07) is 3.77. The quantitative estimate of drug-likeness (QED) is 0.755. The van der Waals surface area contributed by atoms with Gasteiger partial charge in [-0.25, -0.2) is 9.78 Å². The number of pyridine rings is 1. The van der Waals surface area contributed by atoms with Crippen LogP contribution in [0.25, 0.3) is 0 Å². The van der Waals surface area contributed by atoms with Crippen LogP contribution >= 0.6 is 0 Å². The molecule has 5 heteroatoms. The lowest BCUT2D eigenvalue weighted by Crippen LogP contribution is -2.36. The average Bonchev–Trinajstić information content (AvgIpc) is 2.47. The molecule has 1 N–H and O–H groups in total. The summed E-state index contributed by atoms with van der Waals surface area (Å²) in [5.74, 6) is 0.391. The van der Waals surface area contributed by atoms with Crippen molar-refractivity contribution in [1.29, 1.82) is 5.26 Å². The molecule has 1 saturated heterocycles. The summed E-state index contributed by atoms with van der Waals surface area (Å²) >= 11 is 0. The van der Waals surface area contributed by atoms with E-state index >= 15 is 0 Å². The lowest BCUT2D eigenvalue weighted by Gasteiger charge is -2.22. The van der Waals surface area contributed by atoms with Crippen LogP contribution in [0.5, 0.6) is 0 Å². The maximum atomic E-state index is 11.6. The fourth-order valence-electron chi connectivity index (χ4n) is 2.41. The zero-order valence-corrected chi connectivity index (χ0v) is 11.3. The van der Waals surface area contributed by atoms with Gasteiger partial charge in [0.15, 0.2) is 0 Å². The Morgan fingerprint density at radius 2 is 2.11 bits per heavy atom. The third kappa shape index (κ3) is 2.68. The zero-order chi connectivity index (χ0) is 13.8. The largest absolute Gasteiger partial charge is 0.465 e. The minimum Gasteiger partial charge on any atom is -0.465 e. The number of nitriles is 1. The standard InChI is InChI=1S/C14H17N3O2/c1-10-12(14(18)19-2)8-11(9-15)13(16-10)17-6-4-3-5-7-17/h8H,3-7H2,1-2H3/p+1. The van der Waals surface area contributed by atoms with Gasteiger partial charge in [-0.3, -0.25) is 4.90 Å². The number of rotatable bonds is 2. The minimum atomic E-state index is -0.421. The van der Waals surface area contributed by atoms with Crippen molar-refractivity contribution in [3.63, 3.8) is 0 Å². The van der Waals surface area contributed by atoms with Crippen molar-refractivity contribution < 1.29 is 14.5 Å². The highest BCUT2D eigenvalue weighted by atomic mass is 16.5. The highest BCUT2D eigenvalue weighted by Crippen LogP contribution is 2.21. The number of carbonyl (C=O) groups excluding carboxylic acids is 1. The highest BCUT2D eigenvalue weighted by Gasteiger charge is 2.26. The van der Waals surface area contributed by atoms with Crippen molar-refractivity contribution in [2.45, 2.75) is 26.2 Å². The van der Waals surface area contributed by atoms with Crippen molar-refractivity contribution in [1.82, 2.24) is 0 Å². The van der Waals surface area contributed by atoms with Gasteiger partial charge in [-0.2, -0.15) is 5.26 Å². The second kappa shape index (κ2) is 5.70. The van der Waals surface area contributed by atoms with E-state index in [1.165, 1.54) is 13.5 Å². The van der Waals surface area contributed by atoms with Gasteiger partial charge < -0.3 is 4.74 Å². The number of ether oxygens (including phenoxy) is 1. The summed E-state index contributed by atoms with van der Waals surface area (Å²) in [6.07, 6.45) is 3.50. The van der Waals surface area contributed by atoms with Crippen molar-refractivity contribution in [2.24, 2.45) is 0 Å². The van der Waals surface area contributed by atoms with Gasteiger partial charge in [-0.05, 0) is 32.3 Å². The van der Waals surface area contributed by atoms with Crippen molar-refractivity contribution in [3.8, 4) is 6.07 Å². The van der Waals surface area contributed by atoms with Gasteiger partial charge in [-0.15, -0.1) is 0 Å². The van der Waals surface area contributed by atoms with Crippen LogP contribution in [0.2, 0.25) is 0 Å². The Labute approximate surface area is 112 Å². The van der Waals surface area contributed by atoms with Gasteiger partial charge in [-0.1, -0.05) is 0 Å². The van der Waals surface area contributed by atoms with Crippen molar-refractivity contribution in [3.05, 3.63) is 22.9 Å². The summed E-state index contributed by atoms with van der Waals surface area (Å²) in [7, 11) is 1.34. The van der Waals surface area contributed by atoms with E-state index in [1.54, 1.807) is 6.07 Å². The smallest absolute Gasteiger partial charge is 0.341 e. The molecule has 0 bridgehead atoms. The molecule has 0 radical (unpaired) electrons. The molecule has 0 spiro atoms. The number of piperidine rings is 1. The van der Waals surface area contributed by atoms with Crippen LogP contribution in [0.15, 0.2) is 6.07 Å². The second-order valence-electron chi connectivity index (χ2n) is 4.72. The number of aromatic nitrogens is 1. The SMILES string of the molecule is COC(=O)c1cc(C#N)c(N2CCCCC2)[nH+]c1C. The molecule has 0 atom stereocenters. The fraction of sp³-hybridized carbons (Fsp3) is 0.500. The normalized spacial score (nSPS) is 14.9. The summed E-state index contributed by atoms with van der Waals surface area (Å²) in [5.41, 5.74) is 1.64. The summed E-state index contributed by atoms with van der Waals surface area (Å²) < 4.78 is 4.72. The number of esters is 1. The number of hydrogen-bond acceptors (Lipinski definition) is 4. The molecule has 0 aromatic carbocycles. The molecule has 0 aliphatic carbocycles. The van der Waals surface area contributed by atoms with Crippen LogP contribution in [0.4, 0.5) is 5.82 Å². The van der Waals surface area contributed by atoms with E-state index in [1.807, 2.05) is 6.92 Å². The molecule has 0 amide bonds. The van der Waals surface area contributed by atoms with Crippen molar-refractivity contribution in [2.75, 3.05) is 25.1 Å². The third-order valence-electron chi connectivity index (χ3n) is 3.45. The van der Waals surface area contributed by atoms with Crippen LogP contribution in [0.3, 0.4) is 0 Å². The Bertz CT molecular complexity index is 528. The molecule has 1 aromatic heterocycles. The Hall–Kier alpha value is -2.09. The molecule has 19 heavy (non-hydrogen) atoms. The Morgan fingerprint density at radius 3 is 2.68 bits per heavy atom.